The first kappa shape index (κ1) is 28.2. The molecular weight excluding hydrogens is 508 g/mol. The number of esters is 1. The molecule has 4 aromatic rings. The number of aryl methyl sites for hydroxylation is 1. The Morgan fingerprint density at radius 1 is 0.795 bits per heavy atom. The molecule has 202 valence electrons. The SMILES string of the molecule is CCOC(=O)[C@@](Cc1ccccc1)(NCc1ccccc1)[C@@H](NS(=O)(=O)c1ccc(C)cc1)c1ccccc1. The minimum Gasteiger partial charge on any atom is -0.465 e. The van der Waals surface area contributed by atoms with E-state index in [0.717, 1.165) is 16.7 Å². The molecule has 0 fully saturated rings. The van der Waals surface area contributed by atoms with Crippen LogP contribution in [0.4, 0.5) is 0 Å². The summed E-state index contributed by atoms with van der Waals surface area (Å²) in [6, 6.07) is 34.1. The zero-order valence-electron chi connectivity index (χ0n) is 22.2. The summed E-state index contributed by atoms with van der Waals surface area (Å²) in [5.41, 5.74) is 1.92. The summed E-state index contributed by atoms with van der Waals surface area (Å²) in [7, 11) is -4.03. The van der Waals surface area contributed by atoms with Crippen LogP contribution >= 0.6 is 0 Å². The highest BCUT2D eigenvalue weighted by molar-refractivity contribution is 7.89. The van der Waals surface area contributed by atoms with Crippen LogP contribution in [0, 0.1) is 6.92 Å². The van der Waals surface area contributed by atoms with Gasteiger partial charge in [0.25, 0.3) is 0 Å². The minimum atomic E-state index is -4.03. The van der Waals surface area contributed by atoms with Crippen molar-refractivity contribution in [3.8, 4) is 0 Å². The second kappa shape index (κ2) is 12.8. The molecule has 0 spiro atoms. The number of hydrogen-bond acceptors (Lipinski definition) is 5. The third-order valence-electron chi connectivity index (χ3n) is 6.65. The molecule has 0 aliphatic rings. The molecule has 0 heterocycles. The average Bonchev–Trinajstić information content (AvgIpc) is 2.96. The Morgan fingerprint density at radius 3 is 1.90 bits per heavy atom. The third-order valence-corrected chi connectivity index (χ3v) is 8.09. The van der Waals surface area contributed by atoms with Crippen LogP contribution in [0.15, 0.2) is 120 Å². The summed E-state index contributed by atoms with van der Waals surface area (Å²) < 4.78 is 36.1. The maximum Gasteiger partial charge on any atom is 0.328 e. The van der Waals surface area contributed by atoms with Gasteiger partial charge < -0.3 is 4.74 Å². The first-order valence-corrected chi connectivity index (χ1v) is 14.5. The Bertz CT molecular complexity index is 1440. The minimum absolute atomic E-state index is 0.120. The molecule has 0 aliphatic heterocycles. The van der Waals surface area contributed by atoms with Crippen LogP contribution in [0.3, 0.4) is 0 Å². The van der Waals surface area contributed by atoms with E-state index in [1.54, 1.807) is 31.2 Å². The summed E-state index contributed by atoms with van der Waals surface area (Å²) in [5.74, 6) is -0.537. The molecule has 0 saturated heterocycles. The Labute approximate surface area is 231 Å². The molecule has 0 unspecified atom stereocenters. The summed E-state index contributed by atoms with van der Waals surface area (Å²) in [5, 5.41) is 3.46. The predicted octanol–water partition coefficient (Wildman–Crippen LogP) is 5.35. The van der Waals surface area contributed by atoms with Crippen molar-refractivity contribution in [2.24, 2.45) is 0 Å². The van der Waals surface area contributed by atoms with Gasteiger partial charge in [-0.3, -0.25) is 5.32 Å². The highest BCUT2D eigenvalue weighted by Gasteiger charge is 2.49. The van der Waals surface area contributed by atoms with Gasteiger partial charge in [-0.2, -0.15) is 0 Å². The first-order valence-electron chi connectivity index (χ1n) is 13.0. The largest absolute Gasteiger partial charge is 0.465 e. The molecule has 7 heteroatoms. The van der Waals surface area contributed by atoms with Crippen molar-refractivity contribution >= 4 is 16.0 Å². The summed E-state index contributed by atoms with van der Waals surface area (Å²) >= 11 is 0. The van der Waals surface area contributed by atoms with E-state index in [2.05, 4.69) is 10.0 Å². The molecule has 0 saturated carbocycles. The van der Waals surface area contributed by atoms with Gasteiger partial charge in [0.1, 0.15) is 5.54 Å². The summed E-state index contributed by atoms with van der Waals surface area (Å²) in [6.07, 6.45) is 0.190. The molecule has 0 amide bonds. The monoisotopic (exact) mass is 542 g/mol. The Kier molecular flexibility index (Phi) is 9.30. The number of carbonyl (C=O) groups excluding carboxylic acids is 1. The summed E-state index contributed by atoms with van der Waals surface area (Å²) in [6.45, 7) is 4.11. The topological polar surface area (TPSA) is 84.5 Å². The smallest absolute Gasteiger partial charge is 0.328 e. The number of hydrogen-bond donors (Lipinski definition) is 2. The van der Waals surface area contributed by atoms with Gasteiger partial charge in [-0.1, -0.05) is 109 Å². The Balaban J connectivity index is 1.88. The lowest BCUT2D eigenvalue weighted by atomic mass is 9.80. The molecule has 4 aromatic carbocycles. The van der Waals surface area contributed by atoms with E-state index in [0.29, 0.717) is 12.1 Å². The highest BCUT2D eigenvalue weighted by atomic mass is 32.2. The van der Waals surface area contributed by atoms with Crippen molar-refractivity contribution in [3.63, 3.8) is 0 Å². The van der Waals surface area contributed by atoms with Crippen molar-refractivity contribution in [2.75, 3.05) is 6.61 Å². The van der Waals surface area contributed by atoms with Crippen LogP contribution in [0.25, 0.3) is 0 Å². The molecule has 0 radical (unpaired) electrons. The lowest BCUT2D eigenvalue weighted by Crippen LogP contribution is -2.62. The van der Waals surface area contributed by atoms with Crippen molar-refractivity contribution in [1.29, 1.82) is 0 Å². The first-order chi connectivity index (χ1) is 18.8. The van der Waals surface area contributed by atoms with E-state index in [-0.39, 0.29) is 17.9 Å². The molecule has 2 atom stereocenters. The van der Waals surface area contributed by atoms with E-state index >= 15 is 0 Å². The van der Waals surface area contributed by atoms with Crippen LogP contribution in [-0.4, -0.2) is 26.5 Å². The van der Waals surface area contributed by atoms with E-state index in [1.807, 2.05) is 97.9 Å². The second-order valence-electron chi connectivity index (χ2n) is 9.47. The lowest BCUT2D eigenvalue weighted by Gasteiger charge is -2.40. The Morgan fingerprint density at radius 2 is 1.33 bits per heavy atom. The predicted molar refractivity (Wildman–Crippen MR) is 153 cm³/mol. The second-order valence-corrected chi connectivity index (χ2v) is 11.2. The van der Waals surface area contributed by atoms with E-state index in [4.69, 9.17) is 4.74 Å². The molecule has 4 rings (SSSR count). The van der Waals surface area contributed by atoms with E-state index < -0.39 is 27.6 Å². The van der Waals surface area contributed by atoms with Crippen molar-refractivity contribution in [3.05, 3.63) is 138 Å². The van der Waals surface area contributed by atoms with E-state index in [9.17, 15) is 13.2 Å². The van der Waals surface area contributed by atoms with Crippen LogP contribution in [0.1, 0.15) is 35.2 Å². The number of carbonyl (C=O) groups is 1. The Hall–Kier alpha value is -3.78. The van der Waals surface area contributed by atoms with Gasteiger partial charge in [-0.05, 0) is 42.7 Å². The third kappa shape index (κ3) is 7.00. The van der Waals surface area contributed by atoms with Gasteiger partial charge in [-0.25, -0.2) is 17.9 Å². The number of benzene rings is 4. The molecule has 6 nitrogen and oxygen atoms in total. The van der Waals surface area contributed by atoms with Crippen LogP contribution in [0.5, 0.6) is 0 Å². The fraction of sp³-hybridized carbons (Fsp3) is 0.219. The highest BCUT2D eigenvalue weighted by Crippen LogP contribution is 2.33. The normalized spacial score (nSPS) is 13.8. The molecule has 2 N–H and O–H groups in total. The van der Waals surface area contributed by atoms with Gasteiger partial charge in [-0.15, -0.1) is 0 Å². The number of sulfonamides is 1. The van der Waals surface area contributed by atoms with E-state index in [1.165, 1.54) is 0 Å². The molecule has 0 aliphatic carbocycles. The number of nitrogens with one attached hydrogen (secondary N) is 2. The van der Waals surface area contributed by atoms with Crippen LogP contribution in [-0.2, 0) is 32.5 Å². The quantitative estimate of drug-likeness (QED) is 0.236. The van der Waals surface area contributed by atoms with Gasteiger partial charge in [0.05, 0.1) is 17.5 Å². The fourth-order valence-electron chi connectivity index (χ4n) is 4.60. The number of rotatable bonds is 12. The average molecular weight is 543 g/mol. The number of ether oxygens (including phenoxy) is 1. The van der Waals surface area contributed by atoms with Crippen LogP contribution in [0.2, 0.25) is 0 Å². The maximum absolute atomic E-state index is 14.1. The zero-order valence-corrected chi connectivity index (χ0v) is 23.0. The van der Waals surface area contributed by atoms with Gasteiger partial charge in [0.2, 0.25) is 10.0 Å². The van der Waals surface area contributed by atoms with Crippen molar-refractivity contribution in [2.45, 2.75) is 43.3 Å². The molecule has 0 bridgehead atoms. The van der Waals surface area contributed by atoms with Gasteiger partial charge >= 0.3 is 5.97 Å². The standard InChI is InChI=1S/C32H34N2O4S/c1-3-38-31(35)32(23-26-13-7-4-8-14-26,33-24-27-15-9-5-10-16-27)30(28-17-11-6-12-18-28)34-39(36,37)29-21-19-25(2)20-22-29/h4-22,30,33-34H,3,23-24H2,1-2H3/t30-,32-/m0/s1. The zero-order chi connectivity index (χ0) is 27.7. The lowest BCUT2D eigenvalue weighted by molar-refractivity contribution is -0.152. The van der Waals surface area contributed by atoms with Crippen LogP contribution < -0.4 is 10.0 Å². The van der Waals surface area contributed by atoms with Gasteiger partial charge in [0.15, 0.2) is 0 Å². The molecular formula is C32H34N2O4S. The summed E-state index contributed by atoms with van der Waals surface area (Å²) in [4.78, 5) is 14.2. The fourth-order valence-corrected chi connectivity index (χ4v) is 5.88. The van der Waals surface area contributed by atoms with Gasteiger partial charge in [0, 0.05) is 13.0 Å². The van der Waals surface area contributed by atoms with Crippen molar-refractivity contribution in [1.82, 2.24) is 10.0 Å². The molecule has 0 aromatic heterocycles. The molecule has 39 heavy (non-hydrogen) atoms. The van der Waals surface area contributed by atoms with Crippen molar-refractivity contribution < 1.29 is 17.9 Å². The maximum atomic E-state index is 14.1.